The van der Waals surface area contributed by atoms with Gasteiger partial charge in [-0.25, -0.2) is 0 Å². The highest BCUT2D eigenvalue weighted by Gasteiger charge is 2.22. The van der Waals surface area contributed by atoms with Gasteiger partial charge in [0.2, 0.25) is 0 Å². The molecule has 74 valence electrons. The molecule has 1 aliphatic heterocycles. The molecule has 2 rings (SSSR count). The van der Waals surface area contributed by atoms with Crippen LogP contribution in [0.1, 0.15) is 17.9 Å². The van der Waals surface area contributed by atoms with Gasteiger partial charge >= 0.3 is 0 Å². The van der Waals surface area contributed by atoms with Crippen molar-refractivity contribution >= 4 is 6.29 Å². The summed E-state index contributed by atoms with van der Waals surface area (Å²) in [6.45, 7) is 2.67. The average molecular weight is 189 g/mol. The maximum atomic E-state index is 10.4. The Balaban J connectivity index is 1.99. The van der Waals surface area contributed by atoms with Crippen molar-refractivity contribution in [1.82, 2.24) is 4.90 Å². The van der Waals surface area contributed by atoms with E-state index in [0.717, 1.165) is 19.4 Å². The molecule has 1 fully saturated rings. The minimum atomic E-state index is 0.587. The van der Waals surface area contributed by atoms with Gasteiger partial charge in [-0.15, -0.1) is 0 Å². The van der Waals surface area contributed by atoms with Gasteiger partial charge in [0, 0.05) is 6.54 Å². The second kappa shape index (κ2) is 4.38. The first-order valence-electron chi connectivity index (χ1n) is 5.11. The smallest absolute Gasteiger partial charge is 0.133 e. The van der Waals surface area contributed by atoms with Gasteiger partial charge in [0.05, 0.1) is 6.54 Å². The first-order valence-corrected chi connectivity index (χ1v) is 5.11. The van der Waals surface area contributed by atoms with Gasteiger partial charge in [0.15, 0.2) is 0 Å². The van der Waals surface area contributed by atoms with Crippen LogP contribution < -0.4 is 0 Å². The van der Waals surface area contributed by atoms with Gasteiger partial charge in [-0.05, 0) is 24.4 Å². The first kappa shape index (κ1) is 9.41. The maximum Gasteiger partial charge on any atom is 0.133 e. The highest BCUT2D eigenvalue weighted by molar-refractivity contribution is 5.52. The van der Waals surface area contributed by atoms with E-state index >= 15 is 0 Å². The Bertz CT molecular complexity index is 296. The molecular weight excluding hydrogens is 174 g/mol. The summed E-state index contributed by atoms with van der Waals surface area (Å²) in [6, 6.07) is 10.6. The molecule has 1 heterocycles. The van der Waals surface area contributed by atoms with E-state index in [0.29, 0.717) is 12.5 Å². The van der Waals surface area contributed by atoms with Gasteiger partial charge in [-0.3, -0.25) is 4.90 Å². The van der Waals surface area contributed by atoms with Crippen molar-refractivity contribution in [3.63, 3.8) is 0 Å². The van der Waals surface area contributed by atoms with Crippen molar-refractivity contribution in [2.45, 2.75) is 12.3 Å². The number of hydrogen-bond acceptors (Lipinski definition) is 2. The van der Waals surface area contributed by atoms with Gasteiger partial charge in [-0.1, -0.05) is 30.3 Å². The average Bonchev–Trinajstić information content (AvgIpc) is 2.68. The SMILES string of the molecule is O=CCN1CCC(c2ccccc2)C1. The minimum absolute atomic E-state index is 0.587. The Labute approximate surface area is 84.5 Å². The number of nitrogens with zero attached hydrogens (tertiary/aromatic N) is 1. The molecule has 1 aliphatic rings. The summed E-state index contributed by atoms with van der Waals surface area (Å²) < 4.78 is 0. The Hall–Kier alpha value is -1.15. The highest BCUT2D eigenvalue weighted by Crippen LogP contribution is 2.26. The van der Waals surface area contributed by atoms with Crippen LogP contribution in [0.4, 0.5) is 0 Å². The third kappa shape index (κ3) is 2.02. The number of hydrogen-bond donors (Lipinski definition) is 0. The van der Waals surface area contributed by atoms with Crippen LogP contribution >= 0.6 is 0 Å². The van der Waals surface area contributed by atoms with Crippen molar-refractivity contribution in [1.29, 1.82) is 0 Å². The molecule has 0 N–H and O–H groups in total. The predicted molar refractivity (Wildman–Crippen MR) is 56.3 cm³/mol. The van der Waals surface area contributed by atoms with Gasteiger partial charge < -0.3 is 4.79 Å². The Morgan fingerprint density at radius 1 is 1.36 bits per heavy atom. The fraction of sp³-hybridized carbons (Fsp3) is 0.417. The second-order valence-electron chi connectivity index (χ2n) is 3.82. The van der Waals surface area contributed by atoms with Crippen LogP contribution in [0.5, 0.6) is 0 Å². The lowest BCUT2D eigenvalue weighted by Gasteiger charge is -2.12. The van der Waals surface area contributed by atoms with Crippen molar-refractivity contribution in [2.24, 2.45) is 0 Å². The van der Waals surface area contributed by atoms with Crippen molar-refractivity contribution in [3.8, 4) is 0 Å². The summed E-state index contributed by atoms with van der Waals surface area (Å²) in [5.41, 5.74) is 1.40. The summed E-state index contributed by atoms with van der Waals surface area (Å²) in [5.74, 6) is 0.621. The minimum Gasteiger partial charge on any atom is -0.302 e. The predicted octanol–water partition coefficient (Wildman–Crippen LogP) is 1.67. The van der Waals surface area contributed by atoms with E-state index in [1.807, 2.05) is 6.07 Å². The molecule has 1 atom stereocenters. The largest absolute Gasteiger partial charge is 0.302 e. The molecule has 1 unspecified atom stereocenters. The zero-order valence-corrected chi connectivity index (χ0v) is 8.23. The number of carbonyl (C=O) groups is 1. The van der Waals surface area contributed by atoms with Crippen LogP contribution in [0.2, 0.25) is 0 Å². The molecule has 0 amide bonds. The van der Waals surface area contributed by atoms with Crippen LogP contribution in [0, 0.1) is 0 Å². The monoisotopic (exact) mass is 189 g/mol. The summed E-state index contributed by atoms with van der Waals surface area (Å²) >= 11 is 0. The highest BCUT2D eigenvalue weighted by atomic mass is 16.1. The number of carbonyl (C=O) groups excluding carboxylic acids is 1. The third-order valence-corrected chi connectivity index (χ3v) is 2.88. The van der Waals surface area contributed by atoms with Crippen LogP contribution in [-0.4, -0.2) is 30.8 Å². The van der Waals surface area contributed by atoms with Crippen LogP contribution in [-0.2, 0) is 4.79 Å². The molecule has 0 aromatic heterocycles. The molecule has 2 nitrogen and oxygen atoms in total. The molecule has 2 heteroatoms. The molecule has 14 heavy (non-hydrogen) atoms. The summed E-state index contributed by atoms with van der Waals surface area (Å²) in [5, 5.41) is 0. The summed E-state index contributed by atoms with van der Waals surface area (Å²) in [4.78, 5) is 12.6. The van der Waals surface area contributed by atoms with Crippen LogP contribution in [0.3, 0.4) is 0 Å². The molecule has 1 aromatic rings. The number of aldehydes is 1. The molecule has 0 spiro atoms. The maximum absolute atomic E-state index is 10.4. The number of rotatable bonds is 3. The summed E-state index contributed by atoms with van der Waals surface area (Å²) in [7, 11) is 0. The number of likely N-dealkylation sites (tertiary alicyclic amines) is 1. The molecule has 0 aliphatic carbocycles. The van der Waals surface area contributed by atoms with E-state index in [-0.39, 0.29) is 0 Å². The fourth-order valence-corrected chi connectivity index (χ4v) is 2.10. The van der Waals surface area contributed by atoms with Gasteiger partial charge in [-0.2, -0.15) is 0 Å². The summed E-state index contributed by atoms with van der Waals surface area (Å²) in [6.07, 6.45) is 2.17. The first-order chi connectivity index (χ1) is 6.90. The van der Waals surface area contributed by atoms with Gasteiger partial charge in [0.1, 0.15) is 6.29 Å². The van der Waals surface area contributed by atoms with E-state index in [2.05, 4.69) is 29.2 Å². The topological polar surface area (TPSA) is 20.3 Å². The molecule has 1 saturated heterocycles. The zero-order valence-electron chi connectivity index (χ0n) is 8.23. The van der Waals surface area contributed by atoms with E-state index in [1.54, 1.807) is 0 Å². The Kier molecular flexibility index (Phi) is 2.94. The van der Waals surface area contributed by atoms with Gasteiger partial charge in [0.25, 0.3) is 0 Å². The van der Waals surface area contributed by atoms with Crippen LogP contribution in [0.25, 0.3) is 0 Å². The second-order valence-corrected chi connectivity index (χ2v) is 3.82. The Morgan fingerprint density at radius 2 is 2.14 bits per heavy atom. The van der Waals surface area contributed by atoms with E-state index in [1.165, 1.54) is 12.0 Å². The lowest BCUT2D eigenvalue weighted by atomic mass is 9.99. The fourth-order valence-electron chi connectivity index (χ4n) is 2.10. The number of benzene rings is 1. The van der Waals surface area contributed by atoms with E-state index in [9.17, 15) is 4.79 Å². The van der Waals surface area contributed by atoms with E-state index < -0.39 is 0 Å². The lowest BCUT2D eigenvalue weighted by Crippen LogP contribution is -2.22. The standard InChI is InChI=1S/C12H15NO/c14-9-8-13-7-6-12(10-13)11-4-2-1-3-5-11/h1-5,9,12H,6-8,10H2. The zero-order chi connectivity index (χ0) is 9.80. The lowest BCUT2D eigenvalue weighted by molar-refractivity contribution is -0.108. The molecule has 0 bridgehead atoms. The molecule has 0 radical (unpaired) electrons. The van der Waals surface area contributed by atoms with Crippen molar-refractivity contribution in [3.05, 3.63) is 35.9 Å². The molecule has 0 saturated carbocycles. The Morgan fingerprint density at radius 3 is 2.86 bits per heavy atom. The quantitative estimate of drug-likeness (QED) is 0.674. The normalized spacial score (nSPS) is 22.4. The molecule has 1 aromatic carbocycles. The molecular formula is C12H15NO. The third-order valence-electron chi connectivity index (χ3n) is 2.88. The van der Waals surface area contributed by atoms with E-state index in [4.69, 9.17) is 0 Å². The van der Waals surface area contributed by atoms with Crippen LogP contribution in [0.15, 0.2) is 30.3 Å². The van der Waals surface area contributed by atoms with Crippen molar-refractivity contribution in [2.75, 3.05) is 19.6 Å². The van der Waals surface area contributed by atoms with Crippen molar-refractivity contribution < 1.29 is 4.79 Å².